The average Bonchev–Trinajstić information content (AvgIpc) is 2.60. The Balaban J connectivity index is 0. The number of hydrogen-bond donors (Lipinski definition) is 7. The molecule has 0 fully saturated rings. The topological polar surface area (TPSA) is 192 Å². The van der Waals surface area contributed by atoms with Gasteiger partial charge in [-0.25, -0.2) is 0 Å². The van der Waals surface area contributed by atoms with Crippen LogP contribution in [0.4, 0.5) is 0 Å². The Labute approximate surface area is 194 Å². The van der Waals surface area contributed by atoms with Crippen LogP contribution in [0.15, 0.2) is 12.4 Å². The molecule has 161 valence electrons. The Hall–Kier alpha value is -2.34. The first kappa shape index (κ1) is 28.9. The van der Waals surface area contributed by atoms with E-state index in [2.05, 4.69) is 41.8 Å². The molecule has 0 bridgehead atoms. The van der Waals surface area contributed by atoms with Crippen LogP contribution in [0.5, 0.6) is 0 Å². The van der Waals surface area contributed by atoms with Gasteiger partial charge in [0.05, 0.1) is 24.7 Å². The van der Waals surface area contributed by atoms with Crippen molar-refractivity contribution in [3.05, 3.63) is 26.4 Å². The third-order valence-electron chi connectivity index (χ3n) is 3.30. The van der Waals surface area contributed by atoms with Crippen molar-refractivity contribution in [3.8, 4) is 0 Å². The van der Waals surface area contributed by atoms with Crippen LogP contribution in [0.25, 0.3) is 0 Å². The minimum atomic E-state index is -1.34. The van der Waals surface area contributed by atoms with Crippen molar-refractivity contribution < 1.29 is 61.8 Å². The van der Waals surface area contributed by atoms with Gasteiger partial charge in [-0.15, -0.1) is 0 Å². The summed E-state index contributed by atoms with van der Waals surface area (Å²) in [6.07, 6.45) is 0.0480. The number of rotatable bonds is 13. The summed E-state index contributed by atoms with van der Waals surface area (Å²) < 4.78 is 0. The van der Waals surface area contributed by atoms with Crippen LogP contribution in [0.2, 0.25) is 0 Å². The van der Waals surface area contributed by atoms with E-state index in [1.54, 1.807) is 0 Å². The van der Waals surface area contributed by atoms with E-state index in [-0.39, 0.29) is 45.0 Å². The molecule has 0 saturated heterocycles. The van der Waals surface area contributed by atoms with Gasteiger partial charge in [0.2, 0.25) is 17.7 Å². The Morgan fingerprint density at radius 2 is 1.66 bits per heavy atom. The van der Waals surface area contributed by atoms with Crippen LogP contribution in [0.1, 0.15) is 19.3 Å². The zero-order valence-corrected chi connectivity index (χ0v) is 18.8. The second kappa shape index (κ2) is 15.6. The molecule has 0 aromatic heterocycles. The Bertz CT molecular complexity index is 615. The number of carbonyl (C=O) groups excluding carboxylic acids is 4. The first-order chi connectivity index (χ1) is 13.1. The molecular formula is C16H26N6O6Y-2. The molecule has 4 amide bonds. The summed E-state index contributed by atoms with van der Waals surface area (Å²) in [4.78, 5) is 57.5. The van der Waals surface area contributed by atoms with Gasteiger partial charge < -0.3 is 49.1 Å². The largest absolute Gasteiger partial charge is 0.507 e. The first-order valence-corrected chi connectivity index (χ1v) is 8.23. The monoisotopic (exact) mass is 487 g/mol. The van der Waals surface area contributed by atoms with Crippen molar-refractivity contribution in [2.45, 2.75) is 31.3 Å². The first-order valence-electron chi connectivity index (χ1n) is 8.23. The average molecular weight is 487 g/mol. The second-order valence-electron chi connectivity index (χ2n) is 5.69. The van der Waals surface area contributed by atoms with Crippen LogP contribution >= 0.6 is 0 Å². The van der Waals surface area contributed by atoms with E-state index in [0.29, 0.717) is 13.0 Å². The van der Waals surface area contributed by atoms with Gasteiger partial charge in [0.25, 0.3) is 0 Å². The molecule has 0 spiro atoms. The Morgan fingerprint density at radius 3 is 2.14 bits per heavy atom. The predicted molar refractivity (Wildman–Crippen MR) is 98.5 cm³/mol. The van der Waals surface area contributed by atoms with Gasteiger partial charge in [0.1, 0.15) is 12.1 Å². The molecular weight excluding hydrogens is 461 g/mol. The number of carbonyl (C=O) groups is 5. The molecule has 0 unspecified atom stereocenters. The van der Waals surface area contributed by atoms with Crippen LogP contribution < -0.4 is 32.3 Å². The molecule has 29 heavy (non-hydrogen) atoms. The summed E-state index contributed by atoms with van der Waals surface area (Å²) in [6, 6.07) is -2.28. The fraction of sp³-hybridized carbons (Fsp3) is 0.438. The molecule has 13 heteroatoms. The summed E-state index contributed by atoms with van der Waals surface area (Å²) in [5.74, 6) is -3.93. The van der Waals surface area contributed by atoms with Crippen molar-refractivity contribution in [2.75, 3.05) is 13.1 Å². The third kappa shape index (κ3) is 14.3. The molecule has 0 aliphatic carbocycles. The van der Waals surface area contributed by atoms with E-state index in [1.807, 2.05) is 5.32 Å². The molecule has 0 rings (SSSR count). The molecule has 2 atom stereocenters. The zero-order valence-electron chi connectivity index (χ0n) is 16.0. The van der Waals surface area contributed by atoms with Crippen molar-refractivity contribution >= 4 is 29.6 Å². The van der Waals surface area contributed by atoms with Gasteiger partial charge in [-0.05, 0) is 12.8 Å². The zero-order chi connectivity index (χ0) is 21.7. The molecule has 1 radical (unpaired) electrons. The Kier molecular flexibility index (Phi) is 15.5. The fourth-order valence-electron chi connectivity index (χ4n) is 2.06. The van der Waals surface area contributed by atoms with Crippen molar-refractivity contribution in [1.82, 2.24) is 26.6 Å². The SMILES string of the molecule is C=C(N)NCCC[C@H](NC([CH2-])=O)C(=O)NCC(=O)N[C@@H](CC(=O)O)C(=O)N[CH2-].[Y]. The van der Waals surface area contributed by atoms with E-state index < -0.39 is 54.6 Å². The second-order valence-corrected chi connectivity index (χ2v) is 5.69. The van der Waals surface area contributed by atoms with Gasteiger partial charge in [-0.1, -0.05) is 6.58 Å². The summed E-state index contributed by atoms with van der Waals surface area (Å²) in [5.41, 5.74) is 5.35. The normalized spacial score (nSPS) is 11.6. The van der Waals surface area contributed by atoms with Gasteiger partial charge >= 0.3 is 5.97 Å². The smallest absolute Gasteiger partial charge is 0.305 e. The van der Waals surface area contributed by atoms with Gasteiger partial charge in [-0.3, -0.25) is 26.2 Å². The number of aliphatic carboxylic acids is 1. The quantitative estimate of drug-likeness (QED) is 0.106. The Morgan fingerprint density at radius 1 is 1.03 bits per heavy atom. The summed E-state index contributed by atoms with van der Waals surface area (Å²) in [6.45, 7) is 6.49. The summed E-state index contributed by atoms with van der Waals surface area (Å²) in [5, 5.41) is 20.4. The number of hydrogen-bond acceptors (Lipinski definition) is 7. The van der Waals surface area contributed by atoms with E-state index in [1.165, 1.54) is 0 Å². The number of carboxylic acid groups (broad SMARTS) is 1. The predicted octanol–water partition coefficient (Wildman–Crippen LogP) is -2.91. The standard InChI is InChI=1S/C16H26N6O6.Y/c1-9(17)19-6-4-5-11(21-10(2)23)16(28)20-8-13(24)22-12(7-14(25)26)15(27)18-3;/h11-12,19H,1-8,17H2,(H,18,27)(H,20,28)(H,21,23)(H,22,24)(H,25,26);/q-2;/t11-,12-;/m0./s1. The molecule has 0 aromatic carbocycles. The number of amides is 4. The van der Waals surface area contributed by atoms with Crippen LogP contribution in [-0.4, -0.2) is 59.9 Å². The van der Waals surface area contributed by atoms with E-state index in [0.717, 1.165) is 0 Å². The van der Waals surface area contributed by atoms with Crippen LogP contribution in [0.3, 0.4) is 0 Å². The number of nitrogens with one attached hydrogen (secondary N) is 5. The molecule has 0 saturated carbocycles. The molecule has 8 N–H and O–H groups in total. The third-order valence-corrected chi connectivity index (χ3v) is 3.30. The van der Waals surface area contributed by atoms with Crippen molar-refractivity contribution in [1.29, 1.82) is 0 Å². The maximum absolute atomic E-state index is 12.2. The van der Waals surface area contributed by atoms with Gasteiger partial charge in [0, 0.05) is 39.3 Å². The molecule has 0 aliphatic heterocycles. The maximum atomic E-state index is 12.2. The van der Waals surface area contributed by atoms with E-state index in [4.69, 9.17) is 10.8 Å². The summed E-state index contributed by atoms with van der Waals surface area (Å²) >= 11 is 0. The van der Waals surface area contributed by atoms with Crippen LogP contribution in [-0.2, 0) is 56.7 Å². The van der Waals surface area contributed by atoms with Crippen molar-refractivity contribution in [2.24, 2.45) is 5.73 Å². The molecule has 0 aromatic rings. The summed E-state index contributed by atoms with van der Waals surface area (Å²) in [7, 11) is 3.11. The fourth-order valence-corrected chi connectivity index (χ4v) is 2.06. The molecule has 0 aliphatic rings. The number of nitrogens with two attached hydrogens (primary N) is 1. The molecule has 0 heterocycles. The van der Waals surface area contributed by atoms with E-state index >= 15 is 0 Å². The van der Waals surface area contributed by atoms with Crippen LogP contribution in [0, 0.1) is 14.0 Å². The van der Waals surface area contributed by atoms with Gasteiger partial charge in [0.15, 0.2) is 0 Å². The van der Waals surface area contributed by atoms with Gasteiger partial charge in [-0.2, -0.15) is 0 Å². The molecule has 12 nitrogen and oxygen atoms in total. The van der Waals surface area contributed by atoms with E-state index in [9.17, 15) is 24.0 Å². The number of carboxylic acids is 1. The minimum absolute atomic E-state index is 0. The maximum Gasteiger partial charge on any atom is 0.305 e. The van der Waals surface area contributed by atoms with Crippen molar-refractivity contribution in [3.63, 3.8) is 0 Å². The minimum Gasteiger partial charge on any atom is -0.507 e.